The normalized spacial score (nSPS) is 12.5. The quantitative estimate of drug-likeness (QED) is 0.595. The van der Waals surface area contributed by atoms with Crippen molar-refractivity contribution in [3.63, 3.8) is 0 Å². The summed E-state index contributed by atoms with van der Waals surface area (Å²) >= 11 is 0. The van der Waals surface area contributed by atoms with Gasteiger partial charge in [0, 0.05) is 18.4 Å². The van der Waals surface area contributed by atoms with Crippen LogP contribution >= 0.6 is 0 Å². The van der Waals surface area contributed by atoms with E-state index >= 15 is 0 Å². The van der Waals surface area contributed by atoms with Crippen LogP contribution in [-0.2, 0) is 0 Å². The Morgan fingerprint density at radius 1 is 1.64 bits per heavy atom. The zero-order valence-electron chi connectivity index (χ0n) is 6.60. The van der Waals surface area contributed by atoms with Crippen molar-refractivity contribution >= 4 is 0 Å². The molecule has 0 radical (unpaired) electrons. The fourth-order valence-electron chi connectivity index (χ4n) is 0.679. The predicted octanol–water partition coefficient (Wildman–Crippen LogP) is 0.430. The first-order chi connectivity index (χ1) is 5.20. The summed E-state index contributed by atoms with van der Waals surface area (Å²) in [7, 11) is 0. The van der Waals surface area contributed by atoms with Gasteiger partial charge in [-0.25, -0.2) is 9.98 Å². The van der Waals surface area contributed by atoms with Crippen LogP contribution in [0.15, 0.2) is 23.5 Å². The maximum atomic E-state index is 9.12. The van der Waals surface area contributed by atoms with Crippen LogP contribution in [0.3, 0.4) is 0 Å². The van der Waals surface area contributed by atoms with E-state index in [2.05, 4.69) is 9.98 Å². The smallest absolute Gasteiger partial charge is 0.258 e. The molecule has 0 bridgehead atoms. The Hall–Kier alpha value is -1.32. The van der Waals surface area contributed by atoms with E-state index in [0.717, 1.165) is 4.73 Å². The Bertz CT molecular complexity index is 290. The van der Waals surface area contributed by atoms with Crippen LogP contribution in [0.5, 0.6) is 0 Å². The van der Waals surface area contributed by atoms with Gasteiger partial charge >= 0.3 is 0 Å². The van der Waals surface area contributed by atoms with Crippen LogP contribution in [0.25, 0.3) is 0 Å². The van der Waals surface area contributed by atoms with Crippen LogP contribution in [-0.4, -0.2) is 21.0 Å². The minimum atomic E-state index is 0.142. The largest absolute Gasteiger partial charge is 0.425 e. The van der Waals surface area contributed by atoms with Gasteiger partial charge in [0.15, 0.2) is 0 Å². The first kappa shape index (κ1) is 7.78. The van der Waals surface area contributed by atoms with E-state index in [0.29, 0.717) is 5.62 Å². The summed E-state index contributed by atoms with van der Waals surface area (Å²) < 4.78 is 0.903. The Labute approximate surface area is 64.8 Å². The van der Waals surface area contributed by atoms with Crippen molar-refractivity contribution in [3.8, 4) is 0 Å². The van der Waals surface area contributed by atoms with E-state index < -0.39 is 0 Å². The molecule has 11 heavy (non-hydrogen) atoms. The third-order valence-corrected chi connectivity index (χ3v) is 1.08. The number of hydrogen-bond donors (Lipinski definition) is 1. The van der Waals surface area contributed by atoms with Crippen molar-refractivity contribution in [2.24, 2.45) is 4.99 Å². The Kier molecular flexibility index (Phi) is 2.25. The standard InChI is InChI=1S/C7H11N3O/c1-6(2)9-7-8-4-3-5-10(7)11/h3-6,11H,1-2H3. The average Bonchev–Trinajstić information content (AvgIpc) is 1.93. The van der Waals surface area contributed by atoms with Crippen LogP contribution in [0, 0.1) is 0 Å². The summed E-state index contributed by atoms with van der Waals surface area (Å²) in [5, 5.41) is 9.12. The molecule has 0 atom stereocenters. The maximum absolute atomic E-state index is 9.12. The minimum Gasteiger partial charge on any atom is -0.425 e. The van der Waals surface area contributed by atoms with Gasteiger partial charge in [0.05, 0.1) is 0 Å². The Balaban J connectivity index is 3.13. The number of hydrogen-bond acceptors (Lipinski definition) is 3. The van der Waals surface area contributed by atoms with E-state index in [1.54, 1.807) is 12.3 Å². The van der Waals surface area contributed by atoms with Crippen LogP contribution in [0.2, 0.25) is 0 Å². The van der Waals surface area contributed by atoms with Crippen LogP contribution < -0.4 is 5.62 Å². The molecule has 60 valence electrons. The van der Waals surface area contributed by atoms with Crippen molar-refractivity contribution in [3.05, 3.63) is 24.1 Å². The highest BCUT2D eigenvalue weighted by atomic mass is 16.5. The molecule has 4 heteroatoms. The molecule has 0 spiro atoms. The third-order valence-electron chi connectivity index (χ3n) is 1.08. The maximum Gasteiger partial charge on any atom is 0.258 e. The summed E-state index contributed by atoms with van der Waals surface area (Å²) in [6.45, 7) is 3.85. The molecule has 0 aliphatic carbocycles. The van der Waals surface area contributed by atoms with Gasteiger partial charge in [0.25, 0.3) is 5.62 Å². The van der Waals surface area contributed by atoms with E-state index in [1.165, 1.54) is 6.20 Å². The number of aromatic nitrogens is 2. The Morgan fingerprint density at radius 2 is 2.36 bits per heavy atom. The van der Waals surface area contributed by atoms with Gasteiger partial charge in [-0.2, -0.15) is 4.73 Å². The molecule has 0 fully saturated rings. The molecule has 0 amide bonds. The van der Waals surface area contributed by atoms with Crippen molar-refractivity contribution in [2.75, 3.05) is 0 Å². The lowest BCUT2D eigenvalue weighted by Crippen LogP contribution is -2.22. The molecule has 1 heterocycles. The van der Waals surface area contributed by atoms with E-state index in [-0.39, 0.29) is 6.04 Å². The van der Waals surface area contributed by atoms with Gasteiger partial charge in [-0.3, -0.25) is 0 Å². The monoisotopic (exact) mass is 153 g/mol. The van der Waals surface area contributed by atoms with Gasteiger partial charge in [-0.05, 0) is 19.9 Å². The van der Waals surface area contributed by atoms with Crippen molar-refractivity contribution in [2.45, 2.75) is 19.9 Å². The second-order valence-corrected chi connectivity index (χ2v) is 2.49. The minimum absolute atomic E-state index is 0.142. The average molecular weight is 153 g/mol. The topological polar surface area (TPSA) is 50.4 Å². The van der Waals surface area contributed by atoms with Gasteiger partial charge < -0.3 is 5.21 Å². The fourth-order valence-corrected chi connectivity index (χ4v) is 0.679. The third kappa shape index (κ3) is 2.07. The summed E-state index contributed by atoms with van der Waals surface area (Å²) in [6, 6.07) is 1.78. The fraction of sp³-hybridized carbons (Fsp3) is 0.429. The molecule has 0 aliphatic rings. The SMILES string of the molecule is CC(C)N=c1ncccn1O. The second kappa shape index (κ2) is 3.18. The predicted molar refractivity (Wildman–Crippen MR) is 40.1 cm³/mol. The number of nitrogens with zero attached hydrogens (tertiary/aromatic N) is 3. The van der Waals surface area contributed by atoms with Crippen LogP contribution in [0.1, 0.15) is 13.8 Å². The zero-order chi connectivity index (χ0) is 8.27. The lowest BCUT2D eigenvalue weighted by molar-refractivity contribution is 0.165. The molecule has 1 rings (SSSR count). The highest BCUT2D eigenvalue weighted by Gasteiger charge is 1.90. The molecular formula is C7H11N3O. The summed E-state index contributed by atoms with van der Waals surface area (Å²) in [5.41, 5.74) is 0.336. The van der Waals surface area contributed by atoms with E-state index in [1.807, 2.05) is 13.8 Å². The van der Waals surface area contributed by atoms with Gasteiger partial charge in [0.1, 0.15) is 0 Å². The molecule has 4 nitrogen and oxygen atoms in total. The molecule has 1 aromatic rings. The van der Waals surface area contributed by atoms with Gasteiger partial charge in [0.2, 0.25) is 0 Å². The van der Waals surface area contributed by atoms with Crippen molar-refractivity contribution in [1.82, 2.24) is 9.71 Å². The molecular weight excluding hydrogens is 142 g/mol. The lowest BCUT2D eigenvalue weighted by atomic mass is 10.4. The van der Waals surface area contributed by atoms with Gasteiger partial charge in [-0.1, -0.05) is 0 Å². The molecule has 1 N–H and O–H groups in total. The highest BCUT2D eigenvalue weighted by Crippen LogP contribution is 1.81. The molecule has 1 aromatic heterocycles. The molecule has 0 saturated heterocycles. The summed E-state index contributed by atoms with van der Waals surface area (Å²) in [4.78, 5) is 7.93. The summed E-state index contributed by atoms with van der Waals surface area (Å²) in [6.07, 6.45) is 3.09. The second-order valence-electron chi connectivity index (χ2n) is 2.49. The zero-order valence-corrected chi connectivity index (χ0v) is 6.60. The molecule has 0 saturated carbocycles. The van der Waals surface area contributed by atoms with Crippen molar-refractivity contribution < 1.29 is 5.21 Å². The Morgan fingerprint density at radius 3 is 2.91 bits per heavy atom. The number of rotatable bonds is 1. The molecule has 0 aliphatic heterocycles. The summed E-state index contributed by atoms with van der Waals surface area (Å²) in [5.74, 6) is 0. The van der Waals surface area contributed by atoms with Gasteiger partial charge in [-0.15, -0.1) is 0 Å². The first-order valence-corrected chi connectivity index (χ1v) is 3.47. The van der Waals surface area contributed by atoms with Crippen LogP contribution in [0.4, 0.5) is 0 Å². The van der Waals surface area contributed by atoms with E-state index in [4.69, 9.17) is 5.21 Å². The molecule has 0 aromatic carbocycles. The molecule has 0 unspecified atom stereocenters. The first-order valence-electron chi connectivity index (χ1n) is 3.47. The van der Waals surface area contributed by atoms with Crippen molar-refractivity contribution in [1.29, 1.82) is 0 Å². The lowest BCUT2D eigenvalue weighted by Gasteiger charge is -1.97. The van der Waals surface area contributed by atoms with E-state index in [9.17, 15) is 0 Å². The highest BCUT2D eigenvalue weighted by molar-refractivity contribution is 4.77.